The number of aliphatic hydroxyl groups is 1. The van der Waals surface area contributed by atoms with Crippen molar-refractivity contribution in [1.82, 2.24) is 16.0 Å². The summed E-state index contributed by atoms with van der Waals surface area (Å²) in [5.41, 5.74) is 1.80. The second-order valence-corrected chi connectivity index (χ2v) is 10.3. The minimum absolute atomic E-state index is 0.0547. The lowest BCUT2D eigenvalue weighted by Crippen LogP contribution is -2.38. The second kappa shape index (κ2) is 15.7. The average molecular weight is 543 g/mol. The monoisotopic (exact) mass is 542 g/mol. The molecule has 1 aliphatic carbocycles. The van der Waals surface area contributed by atoms with Crippen LogP contribution in [-0.2, 0) is 23.9 Å². The van der Waals surface area contributed by atoms with Crippen LogP contribution in [0.2, 0.25) is 0 Å². The highest BCUT2D eigenvalue weighted by Crippen LogP contribution is 2.28. The molecule has 4 N–H and O–H groups in total. The van der Waals surface area contributed by atoms with Gasteiger partial charge >= 0.3 is 0 Å². The third-order valence-electron chi connectivity index (χ3n) is 6.91. The fourth-order valence-electron chi connectivity index (χ4n) is 4.67. The van der Waals surface area contributed by atoms with Crippen LogP contribution in [0.15, 0.2) is 58.5 Å². The van der Waals surface area contributed by atoms with E-state index in [0.717, 1.165) is 5.57 Å². The van der Waals surface area contributed by atoms with Crippen molar-refractivity contribution in [3.8, 4) is 0 Å². The van der Waals surface area contributed by atoms with Gasteiger partial charge in [-0.05, 0) is 39.7 Å². The van der Waals surface area contributed by atoms with Crippen LogP contribution in [0.4, 0.5) is 0 Å². The van der Waals surface area contributed by atoms with Gasteiger partial charge in [0.2, 0.25) is 11.6 Å². The third kappa shape index (κ3) is 9.39. The van der Waals surface area contributed by atoms with E-state index in [4.69, 9.17) is 9.47 Å². The first-order valence-corrected chi connectivity index (χ1v) is 13.4. The van der Waals surface area contributed by atoms with Gasteiger partial charge in [-0.25, -0.2) is 0 Å². The summed E-state index contributed by atoms with van der Waals surface area (Å²) >= 11 is 0. The van der Waals surface area contributed by atoms with Crippen molar-refractivity contribution in [2.75, 3.05) is 34.4 Å². The molecule has 0 aromatic rings. The van der Waals surface area contributed by atoms with Gasteiger partial charge < -0.3 is 30.5 Å². The van der Waals surface area contributed by atoms with E-state index in [2.05, 4.69) is 16.0 Å². The molecule has 1 aliphatic heterocycles. The molecule has 215 valence electrons. The molecule has 0 aromatic heterocycles. The number of allylic oxidation sites excluding steroid dienone is 4. The van der Waals surface area contributed by atoms with Crippen molar-refractivity contribution in [3.05, 3.63) is 64.9 Å². The van der Waals surface area contributed by atoms with E-state index >= 15 is 0 Å². The van der Waals surface area contributed by atoms with Gasteiger partial charge in [0.25, 0.3) is 5.91 Å². The molecule has 0 fully saturated rings. The first-order valence-electron chi connectivity index (χ1n) is 13.4. The summed E-state index contributed by atoms with van der Waals surface area (Å²) in [5, 5.41) is 19.8. The number of aliphatic hydroxyl groups excluding tert-OH is 1. The average Bonchev–Trinajstić information content (AvgIpc) is 2.89. The van der Waals surface area contributed by atoms with Crippen molar-refractivity contribution in [2.45, 2.75) is 58.8 Å². The van der Waals surface area contributed by atoms with E-state index in [1.54, 1.807) is 46.4 Å². The normalized spacial score (nSPS) is 31.5. The zero-order valence-electron chi connectivity index (χ0n) is 24.2. The number of rotatable bonds is 6. The maximum Gasteiger partial charge on any atom is 0.251 e. The Labute approximate surface area is 232 Å². The minimum Gasteiger partial charge on any atom is -0.390 e. The number of amides is 1. The molecule has 0 spiro atoms. The van der Waals surface area contributed by atoms with Gasteiger partial charge in [-0.2, -0.15) is 0 Å². The first-order chi connectivity index (χ1) is 18.5. The predicted molar refractivity (Wildman–Crippen MR) is 151 cm³/mol. The largest absolute Gasteiger partial charge is 0.390 e. The van der Waals surface area contributed by atoms with Gasteiger partial charge in [-0.1, -0.05) is 43.7 Å². The van der Waals surface area contributed by atoms with Crippen LogP contribution in [0.3, 0.4) is 0 Å². The summed E-state index contributed by atoms with van der Waals surface area (Å²) in [7, 11) is 4.94. The van der Waals surface area contributed by atoms with Gasteiger partial charge in [-0.3, -0.25) is 14.4 Å². The standard InChI is InChI=1S/C30H44N3O6/c1-18-13-21(4)28(35)26(39-7)16-19(2)15-23-27(32-12-11-31-5)25(34)17-24(29(23)36)33-30(37)20(3)9-8-10-22(14-18)38-6/h8-10,13-14,17,19,21-22,26,28,31-32,35H,11-12,15-16H2,1-7H3,(H,33,37)/b10-8-,18-13+,20-9+/t19-,21+,22-,26+,28-/m1/s1. The van der Waals surface area contributed by atoms with Crippen molar-refractivity contribution >= 4 is 17.5 Å². The Balaban J connectivity index is 2.51. The topological polar surface area (TPSA) is 126 Å². The van der Waals surface area contributed by atoms with E-state index in [0.29, 0.717) is 30.7 Å². The zero-order valence-corrected chi connectivity index (χ0v) is 24.2. The molecule has 0 saturated heterocycles. The van der Waals surface area contributed by atoms with Crippen LogP contribution in [0, 0.1) is 18.3 Å². The van der Waals surface area contributed by atoms with Crippen molar-refractivity contribution in [1.29, 1.82) is 0 Å². The Morgan fingerprint density at radius 3 is 2.46 bits per heavy atom. The lowest BCUT2D eigenvalue weighted by atomic mass is 9.85. The minimum atomic E-state index is -0.786. The summed E-state index contributed by atoms with van der Waals surface area (Å²) in [5.74, 6) is -1.57. The highest BCUT2D eigenvalue weighted by atomic mass is 16.5. The zero-order chi connectivity index (χ0) is 29.1. The third-order valence-corrected chi connectivity index (χ3v) is 6.91. The van der Waals surface area contributed by atoms with Crippen LogP contribution < -0.4 is 16.0 Å². The summed E-state index contributed by atoms with van der Waals surface area (Å²) in [6, 6.07) is 0. The van der Waals surface area contributed by atoms with Crippen LogP contribution in [0.5, 0.6) is 0 Å². The Morgan fingerprint density at radius 2 is 1.82 bits per heavy atom. The van der Waals surface area contributed by atoms with E-state index < -0.39 is 23.9 Å². The van der Waals surface area contributed by atoms with Gasteiger partial charge in [0.05, 0.1) is 29.7 Å². The highest BCUT2D eigenvalue weighted by molar-refractivity contribution is 6.23. The SMILES string of the molecule is CNCCNC1=C2C[C@@H](C)C[C@H](OC)[C@H](O)[C@@H](C)/C=C(\C)[CH][C@H](OC)/C=C\C=C(/C)C(=O)NC(=CC1=O)C2=O. The van der Waals surface area contributed by atoms with Crippen molar-refractivity contribution < 1.29 is 29.0 Å². The number of Topliss-reactive ketones (excluding diaryl/α,β-unsaturated/α-hetero) is 1. The Hall–Kier alpha value is -2.85. The van der Waals surface area contributed by atoms with E-state index in [9.17, 15) is 19.5 Å². The van der Waals surface area contributed by atoms with Crippen molar-refractivity contribution in [3.63, 3.8) is 0 Å². The number of carbonyl (C=O) groups excluding carboxylic acids is 3. The molecule has 9 nitrogen and oxygen atoms in total. The lowest BCUT2D eigenvalue weighted by Gasteiger charge is -2.29. The van der Waals surface area contributed by atoms with E-state index in [1.807, 2.05) is 33.3 Å². The molecule has 1 radical (unpaired) electrons. The number of nitrogens with one attached hydrogen (secondary N) is 3. The summed E-state index contributed by atoms with van der Waals surface area (Å²) in [6.45, 7) is 8.50. The number of likely N-dealkylation sites (N-methyl/N-ethyl adjacent to an activating group) is 1. The molecule has 2 rings (SSSR count). The smallest absolute Gasteiger partial charge is 0.251 e. The molecule has 0 aromatic carbocycles. The summed E-state index contributed by atoms with van der Waals surface area (Å²) in [6.07, 6.45) is 9.31. The maximum atomic E-state index is 13.5. The van der Waals surface area contributed by atoms with Gasteiger partial charge in [0.1, 0.15) is 0 Å². The van der Waals surface area contributed by atoms with Gasteiger partial charge in [0.15, 0.2) is 0 Å². The number of methoxy groups -OCH3 is 2. The molecule has 9 heteroatoms. The van der Waals surface area contributed by atoms with Gasteiger partial charge in [-0.15, -0.1) is 0 Å². The maximum absolute atomic E-state index is 13.5. The van der Waals surface area contributed by atoms with E-state index in [-0.39, 0.29) is 41.5 Å². The van der Waals surface area contributed by atoms with Crippen molar-refractivity contribution in [2.24, 2.45) is 11.8 Å². The summed E-state index contributed by atoms with van der Waals surface area (Å²) < 4.78 is 11.2. The molecule has 1 heterocycles. The van der Waals surface area contributed by atoms with Crippen LogP contribution in [-0.4, -0.2) is 75.2 Å². The molecular weight excluding hydrogens is 498 g/mol. The number of hydrogen-bond donors (Lipinski definition) is 4. The molecule has 2 bridgehead atoms. The van der Waals surface area contributed by atoms with Crippen LogP contribution >= 0.6 is 0 Å². The molecule has 2 aliphatic rings. The molecular formula is C30H44N3O6. The van der Waals surface area contributed by atoms with Crippen LogP contribution in [0.1, 0.15) is 40.5 Å². The molecule has 0 saturated carbocycles. The first kappa shape index (κ1) is 32.4. The molecule has 0 unspecified atom stereocenters. The number of hydrogen-bond acceptors (Lipinski definition) is 8. The molecule has 1 amide bonds. The van der Waals surface area contributed by atoms with Gasteiger partial charge in [0, 0.05) is 56.9 Å². The predicted octanol–water partition coefficient (Wildman–Crippen LogP) is 2.31. The Kier molecular flexibility index (Phi) is 13.0. The lowest BCUT2D eigenvalue weighted by molar-refractivity contribution is -0.120. The highest BCUT2D eigenvalue weighted by Gasteiger charge is 2.32. The van der Waals surface area contributed by atoms with Crippen LogP contribution in [0.25, 0.3) is 0 Å². The number of carbonyl (C=O) groups is 3. The Morgan fingerprint density at radius 1 is 1.10 bits per heavy atom. The van der Waals surface area contributed by atoms with E-state index in [1.165, 1.54) is 6.08 Å². The number of ketones is 2. The molecule has 5 atom stereocenters. The second-order valence-electron chi connectivity index (χ2n) is 10.3. The summed E-state index contributed by atoms with van der Waals surface area (Å²) in [4.78, 5) is 39.5. The fourth-order valence-corrected chi connectivity index (χ4v) is 4.67. The number of fused-ring (bicyclic) bond motifs is 2. The molecule has 39 heavy (non-hydrogen) atoms. The Bertz CT molecular complexity index is 1050. The quantitative estimate of drug-likeness (QED) is 0.298. The fraction of sp³-hybridized carbons (Fsp3) is 0.533. The number of ether oxygens (including phenoxy) is 2.